The lowest BCUT2D eigenvalue weighted by molar-refractivity contribution is 0.0965. The molecule has 82 valence electrons. The topological polar surface area (TPSA) is 80.0 Å². The first-order valence-electron chi connectivity index (χ1n) is 4.96. The van der Waals surface area contributed by atoms with Crippen LogP contribution in [-0.4, -0.2) is 23.4 Å². The molecule has 1 aliphatic carbocycles. The van der Waals surface area contributed by atoms with Crippen molar-refractivity contribution in [1.29, 1.82) is 0 Å². The molecule has 1 aromatic heterocycles. The summed E-state index contributed by atoms with van der Waals surface area (Å²) in [5.74, 6) is 0.129. The quantitative estimate of drug-likeness (QED) is 0.719. The van der Waals surface area contributed by atoms with E-state index >= 15 is 0 Å². The number of aromatic nitrogens is 1. The minimum Gasteiger partial charge on any atom is -0.382 e. The molecule has 6 heteroatoms. The molecule has 5 nitrogen and oxygen atoms in total. The Hall–Kier alpha value is -1.30. The first-order chi connectivity index (χ1) is 7.22. The summed E-state index contributed by atoms with van der Waals surface area (Å²) in [6.45, 7) is 0. The highest BCUT2D eigenvalue weighted by Gasteiger charge is 2.23. The van der Waals surface area contributed by atoms with Gasteiger partial charge in [0.1, 0.15) is 10.6 Å². The normalized spacial score (nSPS) is 15.8. The Balaban J connectivity index is 2.18. The van der Waals surface area contributed by atoms with Crippen LogP contribution < -0.4 is 16.4 Å². The van der Waals surface area contributed by atoms with Crippen LogP contribution in [0.4, 0.5) is 10.8 Å². The monoisotopic (exact) mass is 226 g/mol. The zero-order valence-corrected chi connectivity index (χ0v) is 9.36. The van der Waals surface area contributed by atoms with Gasteiger partial charge in [-0.15, -0.1) is 0 Å². The Bertz CT molecular complexity index is 372. The number of nitrogens with two attached hydrogens (primary N) is 1. The number of anilines is 2. The van der Waals surface area contributed by atoms with Crippen molar-refractivity contribution in [2.45, 2.75) is 25.3 Å². The van der Waals surface area contributed by atoms with Crippen LogP contribution in [0.25, 0.3) is 0 Å². The molecule has 2 rings (SSSR count). The van der Waals surface area contributed by atoms with Crippen LogP contribution in [0, 0.1) is 0 Å². The van der Waals surface area contributed by atoms with E-state index in [0.29, 0.717) is 17.4 Å². The Morgan fingerprint density at radius 2 is 2.33 bits per heavy atom. The molecular weight excluding hydrogens is 212 g/mol. The Morgan fingerprint density at radius 3 is 2.87 bits per heavy atom. The number of nitrogens with zero attached hydrogens (tertiary/aromatic N) is 1. The van der Waals surface area contributed by atoms with Gasteiger partial charge in [-0.05, 0) is 30.8 Å². The van der Waals surface area contributed by atoms with E-state index in [-0.39, 0.29) is 5.91 Å². The van der Waals surface area contributed by atoms with Crippen LogP contribution >= 0.6 is 11.5 Å². The molecule has 0 saturated heterocycles. The van der Waals surface area contributed by atoms with Gasteiger partial charge in [-0.1, -0.05) is 0 Å². The second-order valence-corrected chi connectivity index (χ2v) is 4.40. The van der Waals surface area contributed by atoms with Crippen molar-refractivity contribution in [3.05, 3.63) is 5.56 Å². The molecule has 1 aliphatic rings. The van der Waals surface area contributed by atoms with E-state index in [0.717, 1.165) is 17.8 Å². The van der Waals surface area contributed by atoms with Gasteiger partial charge in [0.15, 0.2) is 5.82 Å². The molecule has 0 aliphatic heterocycles. The van der Waals surface area contributed by atoms with E-state index in [4.69, 9.17) is 5.73 Å². The highest BCUT2D eigenvalue weighted by atomic mass is 32.1. The second kappa shape index (κ2) is 4.06. The van der Waals surface area contributed by atoms with Crippen molar-refractivity contribution in [1.82, 2.24) is 9.69 Å². The molecule has 15 heavy (non-hydrogen) atoms. The third kappa shape index (κ3) is 1.90. The highest BCUT2D eigenvalue weighted by molar-refractivity contribution is 7.11. The first-order valence-corrected chi connectivity index (χ1v) is 5.73. The van der Waals surface area contributed by atoms with Gasteiger partial charge >= 0.3 is 0 Å². The smallest absolute Gasteiger partial charge is 0.257 e. The number of hydrogen-bond acceptors (Lipinski definition) is 5. The highest BCUT2D eigenvalue weighted by Crippen LogP contribution is 2.31. The third-order valence-corrected chi connectivity index (χ3v) is 3.41. The van der Waals surface area contributed by atoms with Gasteiger partial charge in [0, 0.05) is 13.1 Å². The minimum absolute atomic E-state index is 0.178. The predicted octanol–water partition coefficient (Wildman–Crippen LogP) is 1.05. The molecule has 1 amide bonds. The molecule has 4 N–H and O–H groups in total. The number of nitrogens with one attached hydrogen (secondary N) is 2. The van der Waals surface area contributed by atoms with Crippen LogP contribution in [-0.2, 0) is 0 Å². The van der Waals surface area contributed by atoms with Crippen molar-refractivity contribution in [3.8, 4) is 0 Å². The summed E-state index contributed by atoms with van der Waals surface area (Å²) in [6, 6.07) is 0.480. The first kappa shape index (κ1) is 10.2. The fraction of sp³-hybridized carbons (Fsp3) is 0.556. The lowest BCUT2D eigenvalue weighted by Gasteiger charge is -2.26. The molecule has 0 radical (unpaired) electrons. The average molecular weight is 226 g/mol. The summed E-state index contributed by atoms with van der Waals surface area (Å²) >= 11 is 1.25. The van der Waals surface area contributed by atoms with Crippen molar-refractivity contribution in [3.63, 3.8) is 0 Å². The average Bonchev–Trinajstić information content (AvgIpc) is 2.52. The van der Waals surface area contributed by atoms with Crippen molar-refractivity contribution >= 4 is 28.3 Å². The molecule has 1 saturated carbocycles. The maximum Gasteiger partial charge on any atom is 0.257 e. The summed E-state index contributed by atoms with van der Waals surface area (Å²) in [5, 5.41) is 6.65. The minimum atomic E-state index is -0.178. The zero-order chi connectivity index (χ0) is 10.8. The standard InChI is InChI=1S/C9H14N4OS/c1-11-8(14)6-7(10)13-15-9(6)12-5-3-2-4-5/h5,12H,2-4H2,1H3,(H2,10,13)(H,11,14). The summed E-state index contributed by atoms with van der Waals surface area (Å²) in [5.41, 5.74) is 6.13. The Morgan fingerprint density at radius 1 is 1.60 bits per heavy atom. The molecule has 0 spiro atoms. The summed E-state index contributed by atoms with van der Waals surface area (Å²) < 4.78 is 3.99. The van der Waals surface area contributed by atoms with Gasteiger partial charge < -0.3 is 16.4 Å². The van der Waals surface area contributed by atoms with Gasteiger partial charge in [-0.25, -0.2) is 0 Å². The predicted molar refractivity (Wildman–Crippen MR) is 61.2 cm³/mol. The number of rotatable bonds is 3. The summed E-state index contributed by atoms with van der Waals surface area (Å²) in [4.78, 5) is 11.5. The summed E-state index contributed by atoms with van der Waals surface area (Å²) in [6.07, 6.45) is 3.57. The maximum absolute atomic E-state index is 11.5. The maximum atomic E-state index is 11.5. The van der Waals surface area contributed by atoms with Crippen LogP contribution in [0.15, 0.2) is 0 Å². The molecule has 0 aromatic carbocycles. The molecule has 0 unspecified atom stereocenters. The molecular formula is C9H14N4OS. The lowest BCUT2D eigenvalue weighted by atomic mass is 9.93. The van der Waals surface area contributed by atoms with Crippen molar-refractivity contribution in [2.24, 2.45) is 0 Å². The summed E-state index contributed by atoms with van der Waals surface area (Å²) in [7, 11) is 1.59. The Kier molecular flexibility index (Phi) is 2.77. The van der Waals surface area contributed by atoms with Crippen molar-refractivity contribution < 1.29 is 4.79 Å². The van der Waals surface area contributed by atoms with Crippen LogP contribution in [0.2, 0.25) is 0 Å². The third-order valence-electron chi connectivity index (χ3n) is 2.61. The lowest BCUT2D eigenvalue weighted by Crippen LogP contribution is -2.28. The van der Waals surface area contributed by atoms with Crippen molar-refractivity contribution in [2.75, 3.05) is 18.1 Å². The molecule has 1 heterocycles. The van der Waals surface area contributed by atoms with Gasteiger partial charge in [0.2, 0.25) is 0 Å². The Labute approximate surface area is 92.2 Å². The fourth-order valence-electron chi connectivity index (χ4n) is 1.48. The SMILES string of the molecule is CNC(=O)c1c(N)nsc1NC1CCC1. The molecule has 1 aromatic rings. The number of carbonyl (C=O) groups is 1. The van der Waals surface area contributed by atoms with E-state index in [1.54, 1.807) is 7.05 Å². The number of carbonyl (C=O) groups excluding carboxylic acids is 1. The van der Waals surface area contributed by atoms with Gasteiger partial charge in [0.05, 0.1) is 0 Å². The number of amides is 1. The van der Waals surface area contributed by atoms with Gasteiger partial charge in [0.25, 0.3) is 5.91 Å². The van der Waals surface area contributed by atoms with Crippen LogP contribution in [0.3, 0.4) is 0 Å². The second-order valence-electron chi connectivity index (χ2n) is 3.62. The number of nitrogen functional groups attached to an aromatic ring is 1. The fourth-order valence-corrected chi connectivity index (χ4v) is 2.27. The van der Waals surface area contributed by atoms with Crippen LogP contribution in [0.5, 0.6) is 0 Å². The van der Waals surface area contributed by atoms with Crippen LogP contribution in [0.1, 0.15) is 29.6 Å². The van der Waals surface area contributed by atoms with E-state index < -0.39 is 0 Å². The van der Waals surface area contributed by atoms with Gasteiger partial charge in [-0.3, -0.25) is 4.79 Å². The molecule has 1 fully saturated rings. The van der Waals surface area contributed by atoms with Gasteiger partial charge in [-0.2, -0.15) is 4.37 Å². The van der Waals surface area contributed by atoms with E-state index in [9.17, 15) is 4.79 Å². The molecule has 0 bridgehead atoms. The van der Waals surface area contributed by atoms with E-state index in [2.05, 4.69) is 15.0 Å². The zero-order valence-electron chi connectivity index (χ0n) is 8.54. The van der Waals surface area contributed by atoms with E-state index in [1.807, 2.05) is 0 Å². The van der Waals surface area contributed by atoms with E-state index in [1.165, 1.54) is 18.0 Å². The number of hydrogen-bond donors (Lipinski definition) is 3. The molecule has 0 atom stereocenters. The largest absolute Gasteiger partial charge is 0.382 e.